The summed E-state index contributed by atoms with van der Waals surface area (Å²) in [7, 11) is 1.31. The molecule has 3 aromatic carbocycles. The molecule has 1 heterocycles. The maximum Gasteiger partial charge on any atom is 0.346 e. The molecular formula is C31H33N3O5. The number of hydrogen-bond donors (Lipinski definition) is 0. The van der Waals surface area contributed by atoms with Gasteiger partial charge < -0.3 is 14.2 Å². The van der Waals surface area contributed by atoms with E-state index in [0.717, 1.165) is 22.4 Å². The van der Waals surface area contributed by atoms with Crippen LogP contribution in [0.5, 0.6) is 11.5 Å². The van der Waals surface area contributed by atoms with Crippen LogP contribution in [0.25, 0.3) is 22.3 Å². The van der Waals surface area contributed by atoms with Crippen molar-refractivity contribution in [2.75, 3.05) is 13.7 Å². The molecule has 4 rings (SSSR count). The molecule has 0 bridgehead atoms. The van der Waals surface area contributed by atoms with Crippen LogP contribution in [0.3, 0.4) is 0 Å². The Bertz CT molecular complexity index is 1590. The number of esters is 1. The SMILES string of the molecule is CCOc1cc(C)c(-c2nc3ccccc3c(=O)n2N=Cc2cccc(O[C@H](C)C(=O)OC)c2)cc1C(C)C. The summed E-state index contributed by atoms with van der Waals surface area (Å²) in [5, 5.41) is 5.05. The number of ether oxygens (including phenoxy) is 3. The van der Waals surface area contributed by atoms with Crippen LogP contribution in [0.4, 0.5) is 0 Å². The number of benzene rings is 3. The lowest BCUT2D eigenvalue weighted by atomic mass is 9.96. The van der Waals surface area contributed by atoms with E-state index in [1.165, 1.54) is 11.8 Å². The molecule has 8 nitrogen and oxygen atoms in total. The summed E-state index contributed by atoms with van der Waals surface area (Å²) in [4.78, 5) is 30.3. The number of rotatable bonds is 9. The highest BCUT2D eigenvalue weighted by Crippen LogP contribution is 2.34. The van der Waals surface area contributed by atoms with Gasteiger partial charge in [0.2, 0.25) is 0 Å². The number of hydrogen-bond acceptors (Lipinski definition) is 7. The Hall–Kier alpha value is -4.46. The van der Waals surface area contributed by atoms with Gasteiger partial charge in [-0.1, -0.05) is 38.1 Å². The van der Waals surface area contributed by atoms with Crippen molar-refractivity contribution in [1.82, 2.24) is 9.66 Å². The first kappa shape index (κ1) is 27.6. The number of fused-ring (bicyclic) bond motifs is 1. The quantitative estimate of drug-likeness (QED) is 0.204. The second kappa shape index (κ2) is 11.9. The fourth-order valence-electron chi connectivity index (χ4n) is 4.29. The Morgan fingerprint density at radius 1 is 1.08 bits per heavy atom. The number of aryl methyl sites for hydroxylation is 1. The third kappa shape index (κ3) is 6.00. The van der Waals surface area contributed by atoms with E-state index in [0.29, 0.717) is 34.6 Å². The molecule has 0 aliphatic carbocycles. The van der Waals surface area contributed by atoms with Crippen LogP contribution >= 0.6 is 0 Å². The Morgan fingerprint density at radius 3 is 2.56 bits per heavy atom. The highest BCUT2D eigenvalue weighted by atomic mass is 16.6. The van der Waals surface area contributed by atoms with Gasteiger partial charge in [-0.2, -0.15) is 9.78 Å². The van der Waals surface area contributed by atoms with Gasteiger partial charge in [0.15, 0.2) is 11.9 Å². The molecule has 0 radical (unpaired) electrons. The molecule has 0 amide bonds. The van der Waals surface area contributed by atoms with Gasteiger partial charge in [-0.15, -0.1) is 0 Å². The van der Waals surface area contributed by atoms with Gasteiger partial charge in [-0.25, -0.2) is 9.78 Å². The molecule has 8 heteroatoms. The van der Waals surface area contributed by atoms with Crippen molar-refractivity contribution in [3.63, 3.8) is 0 Å². The maximum absolute atomic E-state index is 13.7. The number of methoxy groups -OCH3 is 1. The Morgan fingerprint density at radius 2 is 1.85 bits per heavy atom. The zero-order valence-electron chi connectivity index (χ0n) is 23.1. The van der Waals surface area contributed by atoms with Gasteiger partial charge >= 0.3 is 5.97 Å². The summed E-state index contributed by atoms with van der Waals surface area (Å²) < 4.78 is 17.7. The van der Waals surface area contributed by atoms with Crippen molar-refractivity contribution in [2.24, 2.45) is 5.10 Å². The molecule has 0 aliphatic heterocycles. The summed E-state index contributed by atoms with van der Waals surface area (Å²) in [5.74, 6) is 1.46. The van der Waals surface area contributed by atoms with Gasteiger partial charge in [0.05, 0.1) is 30.8 Å². The van der Waals surface area contributed by atoms with Crippen molar-refractivity contribution < 1.29 is 19.0 Å². The molecule has 0 unspecified atom stereocenters. The smallest absolute Gasteiger partial charge is 0.346 e. The number of nitrogens with zero attached hydrogens (tertiary/aromatic N) is 3. The van der Waals surface area contributed by atoms with E-state index in [4.69, 9.17) is 19.2 Å². The number of carbonyl (C=O) groups is 1. The van der Waals surface area contributed by atoms with Gasteiger partial charge in [-0.05, 0) is 79.8 Å². The number of para-hydroxylation sites is 1. The second-order valence-electron chi connectivity index (χ2n) is 9.46. The number of carbonyl (C=O) groups excluding carboxylic acids is 1. The Labute approximate surface area is 227 Å². The Balaban J connectivity index is 1.85. The van der Waals surface area contributed by atoms with Crippen LogP contribution in [-0.2, 0) is 9.53 Å². The molecule has 202 valence electrons. The molecule has 1 aromatic heterocycles. The van der Waals surface area contributed by atoms with E-state index < -0.39 is 12.1 Å². The van der Waals surface area contributed by atoms with E-state index in [-0.39, 0.29) is 11.5 Å². The fourth-order valence-corrected chi connectivity index (χ4v) is 4.29. The average molecular weight is 528 g/mol. The summed E-state index contributed by atoms with van der Waals surface area (Å²) in [6.45, 7) is 10.3. The molecule has 1 atom stereocenters. The first-order valence-corrected chi connectivity index (χ1v) is 12.9. The van der Waals surface area contributed by atoms with Gasteiger partial charge in [0.1, 0.15) is 11.5 Å². The van der Waals surface area contributed by atoms with Crippen LogP contribution in [-0.4, -0.2) is 41.7 Å². The minimum atomic E-state index is -0.765. The third-order valence-corrected chi connectivity index (χ3v) is 6.30. The summed E-state index contributed by atoms with van der Waals surface area (Å²) in [5.41, 5.74) is 3.74. The maximum atomic E-state index is 13.7. The van der Waals surface area contributed by atoms with Crippen LogP contribution in [0.15, 0.2) is 70.6 Å². The first-order valence-electron chi connectivity index (χ1n) is 12.9. The average Bonchev–Trinajstić information content (AvgIpc) is 2.92. The van der Waals surface area contributed by atoms with Crippen molar-refractivity contribution in [1.29, 1.82) is 0 Å². The van der Waals surface area contributed by atoms with Crippen molar-refractivity contribution in [3.8, 4) is 22.9 Å². The zero-order chi connectivity index (χ0) is 28.1. The van der Waals surface area contributed by atoms with Crippen molar-refractivity contribution >= 4 is 23.1 Å². The molecule has 0 spiro atoms. The van der Waals surface area contributed by atoms with E-state index in [1.54, 1.807) is 43.5 Å². The number of aromatic nitrogens is 2. The third-order valence-electron chi connectivity index (χ3n) is 6.30. The van der Waals surface area contributed by atoms with Crippen LogP contribution in [0, 0.1) is 6.92 Å². The Kier molecular flexibility index (Phi) is 8.44. The predicted molar refractivity (Wildman–Crippen MR) is 153 cm³/mol. The molecule has 0 fully saturated rings. The van der Waals surface area contributed by atoms with Crippen LogP contribution < -0.4 is 15.0 Å². The minimum Gasteiger partial charge on any atom is -0.494 e. The molecule has 0 aliphatic rings. The summed E-state index contributed by atoms with van der Waals surface area (Å²) in [6, 6.07) is 18.4. The lowest BCUT2D eigenvalue weighted by molar-refractivity contribution is -0.147. The van der Waals surface area contributed by atoms with Crippen LogP contribution in [0.1, 0.15) is 50.3 Å². The van der Waals surface area contributed by atoms with E-state index in [1.807, 2.05) is 44.2 Å². The molecule has 4 aromatic rings. The lowest BCUT2D eigenvalue weighted by Gasteiger charge is -2.18. The first-order chi connectivity index (χ1) is 18.7. The topological polar surface area (TPSA) is 92.0 Å². The molecule has 0 saturated heterocycles. The highest BCUT2D eigenvalue weighted by molar-refractivity contribution is 5.83. The molecular weight excluding hydrogens is 494 g/mol. The summed E-state index contributed by atoms with van der Waals surface area (Å²) >= 11 is 0. The molecule has 39 heavy (non-hydrogen) atoms. The van der Waals surface area contributed by atoms with Gasteiger partial charge in [-0.3, -0.25) is 4.79 Å². The second-order valence-corrected chi connectivity index (χ2v) is 9.46. The predicted octanol–water partition coefficient (Wildman–Crippen LogP) is 5.72. The van der Waals surface area contributed by atoms with E-state index >= 15 is 0 Å². The van der Waals surface area contributed by atoms with Gasteiger partial charge in [0, 0.05) is 5.56 Å². The minimum absolute atomic E-state index is 0.199. The van der Waals surface area contributed by atoms with Crippen molar-refractivity contribution in [3.05, 3.63) is 87.7 Å². The molecule has 0 N–H and O–H groups in total. The highest BCUT2D eigenvalue weighted by Gasteiger charge is 2.19. The van der Waals surface area contributed by atoms with E-state index in [9.17, 15) is 9.59 Å². The standard InChI is InChI=1S/C31H33N3O5/c1-7-38-28-15-20(4)26(17-25(28)19(2)3)29-33-27-14-9-8-13-24(27)30(35)34(29)32-18-22-11-10-12-23(16-22)39-21(5)31(36)37-6/h8-19,21H,7H2,1-6H3/t21-/m1/s1. The summed E-state index contributed by atoms with van der Waals surface area (Å²) in [6.07, 6.45) is 0.809. The molecule has 0 saturated carbocycles. The van der Waals surface area contributed by atoms with Gasteiger partial charge in [0.25, 0.3) is 5.56 Å². The van der Waals surface area contributed by atoms with E-state index in [2.05, 4.69) is 18.9 Å². The largest absolute Gasteiger partial charge is 0.494 e. The monoisotopic (exact) mass is 527 g/mol. The zero-order valence-corrected chi connectivity index (χ0v) is 23.1. The normalized spacial score (nSPS) is 12.2. The fraction of sp³-hybridized carbons (Fsp3) is 0.290. The van der Waals surface area contributed by atoms with Crippen molar-refractivity contribution in [2.45, 2.75) is 46.6 Å². The van der Waals surface area contributed by atoms with Crippen LogP contribution in [0.2, 0.25) is 0 Å². The lowest BCUT2D eigenvalue weighted by Crippen LogP contribution is -2.24.